The molecule has 0 unspecified atom stereocenters. The minimum Gasteiger partial charge on any atom is -0.494 e. The first-order valence-electron chi connectivity index (χ1n) is 31.7. The Labute approximate surface area is 568 Å². The van der Waals surface area contributed by atoms with Gasteiger partial charge in [-0.15, -0.1) is 0 Å². The average Bonchev–Trinajstić information content (AvgIpc) is 1.73. The van der Waals surface area contributed by atoms with Crippen LogP contribution in [-0.2, 0) is 44.8 Å². The minimum absolute atomic E-state index is 0.0626. The van der Waals surface area contributed by atoms with Crippen molar-refractivity contribution in [1.29, 1.82) is 5.26 Å². The van der Waals surface area contributed by atoms with E-state index in [0.717, 1.165) is 20.5 Å². The molecule has 3 fully saturated rings. The van der Waals surface area contributed by atoms with Crippen LogP contribution in [0.25, 0.3) is 10.9 Å². The lowest BCUT2D eigenvalue weighted by Gasteiger charge is -2.35. The summed E-state index contributed by atoms with van der Waals surface area (Å²) in [5.74, 6) is -8.12. The van der Waals surface area contributed by atoms with Gasteiger partial charge in [-0.05, 0) is 110 Å². The SMILES string of the molecule is C/C(=N\CCCC[C@H](NC(=O)CN1CCN(CC(=O)O)CCN(CC(=O)O)CCN(CC(=O)O)CC1)C(=O)NCCSC[C@@H](O)C(=O)N1CCN(CCCOc2ccc3nccc(C(=O)NCC(=O)N4CC(F)(F)C[C@@H]4C#N)c3c2)CC1)NC(=O)CCCc1ccc(I)cc1. The van der Waals surface area contributed by atoms with Crippen molar-refractivity contribution in [3.63, 3.8) is 0 Å². The number of rotatable bonds is 33. The number of hydrogen-bond acceptors (Lipinski definition) is 20. The van der Waals surface area contributed by atoms with Crippen LogP contribution in [0.3, 0.4) is 0 Å². The third-order valence-electron chi connectivity index (χ3n) is 16.2. The Morgan fingerprint density at radius 3 is 2.00 bits per heavy atom. The molecule has 0 bridgehead atoms. The number of nitrogens with one attached hydrogen (secondary N) is 4. The second-order valence-electron chi connectivity index (χ2n) is 23.6. The molecule has 6 rings (SSSR count). The number of amidine groups is 1. The monoisotopic (exact) mass is 1460 g/mol. The summed E-state index contributed by atoms with van der Waals surface area (Å²) in [5.41, 5.74) is 1.82. The number of aliphatic hydroxyl groups excluding tert-OH is 1. The van der Waals surface area contributed by atoms with E-state index >= 15 is 0 Å². The first-order chi connectivity index (χ1) is 45.4. The summed E-state index contributed by atoms with van der Waals surface area (Å²) >= 11 is 3.51. The number of likely N-dealkylation sites (tertiary alicyclic amines) is 1. The number of pyridine rings is 1. The second kappa shape index (κ2) is 39.7. The Kier molecular flexibility index (Phi) is 32.1. The lowest BCUT2D eigenvalue weighted by atomic mass is 10.1. The van der Waals surface area contributed by atoms with Gasteiger partial charge in [0, 0.05) is 138 Å². The van der Waals surface area contributed by atoms with Crippen molar-refractivity contribution in [2.24, 2.45) is 4.99 Å². The Balaban J connectivity index is 0.946. The summed E-state index contributed by atoms with van der Waals surface area (Å²) in [6.07, 6.45) is 2.93. The molecule has 1 aromatic heterocycles. The van der Waals surface area contributed by atoms with Crippen molar-refractivity contribution >= 4 is 104 Å². The van der Waals surface area contributed by atoms with E-state index in [-0.39, 0.29) is 109 Å². The predicted molar refractivity (Wildman–Crippen MR) is 357 cm³/mol. The molecule has 95 heavy (non-hydrogen) atoms. The minimum atomic E-state index is -3.19. The largest absolute Gasteiger partial charge is 0.494 e. The summed E-state index contributed by atoms with van der Waals surface area (Å²) in [7, 11) is 0. The van der Waals surface area contributed by atoms with Gasteiger partial charge in [0.1, 0.15) is 23.9 Å². The summed E-state index contributed by atoms with van der Waals surface area (Å²) in [5, 5.41) is 60.6. The normalized spacial score (nSPS) is 17.9. The van der Waals surface area contributed by atoms with E-state index in [0.29, 0.717) is 106 Å². The zero-order chi connectivity index (χ0) is 68.9. The van der Waals surface area contributed by atoms with Crippen molar-refractivity contribution in [3.8, 4) is 11.8 Å². The fraction of sp³-hybridized carbons (Fsp3) is 0.587. The number of alkyl halides is 2. The van der Waals surface area contributed by atoms with Gasteiger partial charge >= 0.3 is 17.9 Å². The second-order valence-corrected chi connectivity index (χ2v) is 26.0. The molecule has 3 aromatic rings. The fourth-order valence-electron chi connectivity index (χ4n) is 11.1. The van der Waals surface area contributed by atoms with Crippen molar-refractivity contribution in [3.05, 3.63) is 69.4 Å². The number of nitrogens with zero attached hydrogens (tertiary/aromatic N) is 10. The first kappa shape index (κ1) is 76.8. The number of ether oxygens (including phenoxy) is 1. The van der Waals surface area contributed by atoms with Gasteiger partial charge in [0.15, 0.2) is 0 Å². The number of unbranched alkanes of at least 4 members (excludes halogenated alkanes) is 1. The number of carbonyl (C=O) groups is 9. The molecule has 28 nitrogen and oxygen atoms in total. The number of aliphatic hydroxyl groups is 1. The Bertz CT molecular complexity index is 3130. The average molecular weight is 1460 g/mol. The quantitative estimate of drug-likeness (QED) is 0.0183. The number of hydrogen-bond donors (Lipinski definition) is 8. The highest BCUT2D eigenvalue weighted by Gasteiger charge is 2.47. The number of fused-ring (bicyclic) bond motifs is 1. The van der Waals surface area contributed by atoms with Gasteiger partial charge in [-0.1, -0.05) is 12.1 Å². The van der Waals surface area contributed by atoms with Gasteiger partial charge in [-0.25, -0.2) is 8.78 Å². The van der Waals surface area contributed by atoms with Crippen molar-refractivity contribution in [2.45, 2.75) is 82.4 Å². The maximum Gasteiger partial charge on any atom is 0.317 e. The maximum absolute atomic E-state index is 13.9. The Morgan fingerprint density at radius 2 is 1.39 bits per heavy atom. The smallest absolute Gasteiger partial charge is 0.317 e. The highest BCUT2D eigenvalue weighted by Crippen LogP contribution is 2.32. The van der Waals surface area contributed by atoms with E-state index in [1.54, 1.807) is 55.7 Å². The van der Waals surface area contributed by atoms with Crippen LogP contribution in [0.15, 0.2) is 59.7 Å². The number of carboxylic acids is 3. The summed E-state index contributed by atoms with van der Waals surface area (Å²) < 4.78 is 35.0. The van der Waals surface area contributed by atoms with Crippen LogP contribution in [-0.4, -0.2) is 299 Å². The molecule has 3 aliphatic heterocycles. The number of nitriles is 1. The first-order valence-corrected chi connectivity index (χ1v) is 34.0. The Hall–Kier alpha value is -7.26. The topological polar surface area (TPSA) is 364 Å². The molecule has 0 spiro atoms. The van der Waals surface area contributed by atoms with Crippen LogP contribution < -0.4 is 26.0 Å². The van der Waals surface area contributed by atoms with E-state index < -0.39 is 91.1 Å². The van der Waals surface area contributed by atoms with Crippen molar-refractivity contribution in [1.82, 2.24) is 60.6 Å². The molecule has 32 heteroatoms. The molecule has 8 N–H and O–H groups in total. The third kappa shape index (κ3) is 27.8. The number of aromatic nitrogens is 1. The maximum atomic E-state index is 13.9. The summed E-state index contributed by atoms with van der Waals surface area (Å²) in [6, 6.07) is 14.1. The van der Waals surface area contributed by atoms with E-state index in [4.69, 9.17) is 4.74 Å². The Morgan fingerprint density at radius 1 is 0.779 bits per heavy atom. The van der Waals surface area contributed by atoms with E-state index in [2.05, 4.69) is 58.7 Å². The van der Waals surface area contributed by atoms with Crippen LogP contribution >= 0.6 is 34.4 Å². The van der Waals surface area contributed by atoms with E-state index in [1.807, 2.05) is 24.3 Å². The zero-order valence-corrected chi connectivity index (χ0v) is 56.4. The number of piperazine rings is 1. The number of carbonyl (C=O) groups excluding carboxylic acids is 6. The number of aliphatic imine (C=N–C) groups is 1. The van der Waals surface area contributed by atoms with Crippen molar-refractivity contribution in [2.75, 3.05) is 156 Å². The molecular formula is C63H87F2IN14O14S. The van der Waals surface area contributed by atoms with Gasteiger partial charge < -0.3 is 56.2 Å². The molecule has 0 saturated carbocycles. The third-order valence-corrected chi connectivity index (χ3v) is 17.9. The zero-order valence-electron chi connectivity index (χ0n) is 53.4. The number of amides is 6. The molecule has 0 radical (unpaired) electrons. The number of thioether (sulfide) groups is 1. The highest BCUT2D eigenvalue weighted by atomic mass is 127. The van der Waals surface area contributed by atoms with Crippen molar-refractivity contribution < 1.29 is 77.1 Å². The van der Waals surface area contributed by atoms with Gasteiger partial charge in [0.05, 0.1) is 68.9 Å². The lowest BCUT2D eigenvalue weighted by molar-refractivity contribution is -0.141. The fourth-order valence-corrected chi connectivity index (χ4v) is 12.2. The molecule has 3 saturated heterocycles. The number of aliphatic carboxylic acids is 3. The number of aryl methyl sites for hydroxylation is 1. The number of carboxylic acid groups (broad SMARTS) is 3. The summed E-state index contributed by atoms with van der Waals surface area (Å²) in [6.45, 7) is 3.93. The predicted octanol–water partition coefficient (Wildman–Crippen LogP) is 1.14. The van der Waals surface area contributed by atoms with Gasteiger partial charge in [0.2, 0.25) is 23.6 Å². The molecule has 6 amide bonds. The van der Waals surface area contributed by atoms with E-state index in [9.17, 15) is 77.6 Å². The molecule has 3 atom stereocenters. The molecule has 2 aromatic carbocycles. The van der Waals surface area contributed by atoms with E-state index in [1.165, 1.54) is 24.0 Å². The molecule has 520 valence electrons. The number of benzene rings is 2. The van der Waals surface area contributed by atoms with Crippen LogP contribution in [0.2, 0.25) is 0 Å². The van der Waals surface area contributed by atoms with Gasteiger partial charge in [0.25, 0.3) is 17.7 Å². The van der Waals surface area contributed by atoms with Crippen LogP contribution in [0.5, 0.6) is 5.75 Å². The van der Waals surface area contributed by atoms with Gasteiger partial charge in [-0.3, -0.25) is 77.6 Å². The highest BCUT2D eigenvalue weighted by molar-refractivity contribution is 14.1. The standard InChI is InChI=1S/C63H87F2IN14O14S/c1-44(72-54(82)8-4-6-45-9-11-46(66)12-10-45)68-16-3-2-7-52(73-55(83)38-75-20-22-76(39-57(85)86)24-26-78(41-59(89)90)27-25-77(23-21-75)40-58(87)88)61(92)70-18-33-95-42-53(81)62(93)79-30-28-74(29-31-79)19-5-32-94-48-13-14-51-50(34-48)49(15-17-69-51)60(91)71-37-56(84)80-43-63(64,65)35-47(80)36-67/h9-15,17,34,47,52-53,81H,2-8,16,18-33,35,37-43H2,1H3,(H,70,92)(H,71,91)(H,73,83)(H,85,86)(H,87,88)(H,89,90)(H,68,72,82)/t47-,52+,53-/m1/s1. The van der Waals surface area contributed by atoms with Gasteiger partial charge in [-0.2, -0.15) is 17.0 Å². The van der Waals surface area contributed by atoms with Crippen LogP contribution in [0.4, 0.5) is 8.78 Å². The molecule has 4 heterocycles. The molecule has 3 aliphatic rings. The molecular weight excluding hydrogens is 1370 g/mol. The summed E-state index contributed by atoms with van der Waals surface area (Å²) in [4.78, 5) is 135. The number of halogens is 3. The van der Waals surface area contributed by atoms with Crippen LogP contribution in [0, 0.1) is 14.9 Å². The lowest BCUT2D eigenvalue weighted by Crippen LogP contribution is -2.52. The molecule has 0 aliphatic carbocycles. The van der Waals surface area contributed by atoms with Crippen LogP contribution in [0.1, 0.15) is 67.8 Å².